The molecule has 2 atom stereocenters. The zero-order valence-electron chi connectivity index (χ0n) is 15.8. The maximum Gasteiger partial charge on any atom is 0.247 e. The van der Waals surface area contributed by atoms with Crippen molar-refractivity contribution < 1.29 is 4.42 Å². The average molecular weight is 357 g/mol. The van der Waals surface area contributed by atoms with Gasteiger partial charge in [-0.25, -0.2) is 0 Å². The molecule has 0 amide bonds. The van der Waals surface area contributed by atoms with Crippen LogP contribution < -0.4 is 5.32 Å². The summed E-state index contributed by atoms with van der Waals surface area (Å²) in [5.74, 6) is 1.15. The van der Waals surface area contributed by atoms with Crippen LogP contribution in [0.1, 0.15) is 42.9 Å². The molecule has 4 aromatic rings. The molecule has 4 nitrogen and oxygen atoms in total. The van der Waals surface area contributed by atoms with Crippen LogP contribution in [0.2, 0.25) is 0 Å². The number of nitrogens with one attached hydrogen (secondary N) is 1. The third-order valence-electron chi connectivity index (χ3n) is 4.87. The van der Waals surface area contributed by atoms with E-state index < -0.39 is 0 Å². The molecule has 1 heterocycles. The molecule has 0 aliphatic rings. The lowest BCUT2D eigenvalue weighted by molar-refractivity contribution is 0.395. The number of aromatic nitrogens is 2. The molecule has 4 rings (SSSR count). The highest BCUT2D eigenvalue weighted by Crippen LogP contribution is 2.27. The Labute approximate surface area is 159 Å². The van der Waals surface area contributed by atoms with Gasteiger partial charge in [0.15, 0.2) is 0 Å². The normalized spacial score (nSPS) is 13.6. The standard InChI is InChI=1S/C23H23N3O/c1-15-8-6-11-19(14-15)23-26-25-22(27-23)17(3)24-16(2)20-13-7-10-18-9-4-5-12-21(18)20/h4-14,16-17,24H,1-3H3/t16-,17+/m0/s1. The molecule has 0 aliphatic carbocycles. The summed E-state index contributed by atoms with van der Waals surface area (Å²) in [7, 11) is 0. The fraction of sp³-hybridized carbons (Fsp3) is 0.217. The minimum Gasteiger partial charge on any atom is -0.419 e. The summed E-state index contributed by atoms with van der Waals surface area (Å²) in [6.07, 6.45) is 0. The number of rotatable bonds is 5. The van der Waals surface area contributed by atoms with Crippen LogP contribution in [0.4, 0.5) is 0 Å². The molecule has 1 aromatic heterocycles. The highest BCUT2D eigenvalue weighted by atomic mass is 16.4. The molecule has 0 aliphatic heterocycles. The first kappa shape index (κ1) is 17.4. The second-order valence-electron chi connectivity index (χ2n) is 6.99. The molecule has 0 saturated heterocycles. The van der Waals surface area contributed by atoms with Crippen molar-refractivity contribution in [2.24, 2.45) is 0 Å². The zero-order valence-corrected chi connectivity index (χ0v) is 15.8. The van der Waals surface area contributed by atoms with Crippen LogP contribution in [0, 0.1) is 6.92 Å². The van der Waals surface area contributed by atoms with Gasteiger partial charge in [0.2, 0.25) is 11.8 Å². The SMILES string of the molecule is Cc1cccc(-c2nnc([C@@H](C)N[C@@H](C)c3cccc4ccccc34)o2)c1. The van der Waals surface area contributed by atoms with Crippen molar-refractivity contribution in [3.63, 3.8) is 0 Å². The molecule has 0 fully saturated rings. The molecule has 0 unspecified atom stereocenters. The van der Waals surface area contributed by atoms with E-state index in [-0.39, 0.29) is 12.1 Å². The van der Waals surface area contributed by atoms with Crippen molar-refractivity contribution in [2.45, 2.75) is 32.9 Å². The molecular weight excluding hydrogens is 334 g/mol. The largest absolute Gasteiger partial charge is 0.419 e. The Kier molecular flexibility index (Phi) is 4.73. The number of hydrogen-bond acceptors (Lipinski definition) is 4. The van der Waals surface area contributed by atoms with Gasteiger partial charge in [0.05, 0.1) is 6.04 Å². The Hall–Kier alpha value is -2.98. The van der Waals surface area contributed by atoms with E-state index in [1.807, 2.05) is 18.2 Å². The van der Waals surface area contributed by atoms with E-state index >= 15 is 0 Å². The summed E-state index contributed by atoms with van der Waals surface area (Å²) < 4.78 is 5.93. The Morgan fingerprint density at radius 1 is 0.852 bits per heavy atom. The highest BCUT2D eigenvalue weighted by Gasteiger charge is 2.18. The van der Waals surface area contributed by atoms with E-state index in [1.165, 1.54) is 21.9 Å². The molecule has 0 radical (unpaired) electrons. The van der Waals surface area contributed by atoms with Crippen LogP contribution in [0.3, 0.4) is 0 Å². The molecule has 27 heavy (non-hydrogen) atoms. The minimum absolute atomic E-state index is 0.0509. The predicted octanol–water partition coefficient (Wildman–Crippen LogP) is 5.61. The van der Waals surface area contributed by atoms with Crippen molar-refractivity contribution in [2.75, 3.05) is 0 Å². The quantitative estimate of drug-likeness (QED) is 0.504. The van der Waals surface area contributed by atoms with E-state index in [0.717, 1.165) is 5.56 Å². The van der Waals surface area contributed by atoms with Gasteiger partial charge in [-0.15, -0.1) is 10.2 Å². The Morgan fingerprint density at radius 3 is 2.48 bits per heavy atom. The third kappa shape index (κ3) is 3.62. The second-order valence-corrected chi connectivity index (χ2v) is 6.99. The first-order valence-electron chi connectivity index (χ1n) is 9.26. The van der Waals surface area contributed by atoms with Crippen LogP contribution >= 0.6 is 0 Å². The number of nitrogens with zero attached hydrogens (tertiary/aromatic N) is 2. The zero-order chi connectivity index (χ0) is 18.8. The van der Waals surface area contributed by atoms with Crippen molar-refractivity contribution in [1.29, 1.82) is 0 Å². The number of benzene rings is 3. The third-order valence-corrected chi connectivity index (χ3v) is 4.87. The van der Waals surface area contributed by atoms with Crippen molar-refractivity contribution in [3.05, 3.63) is 83.7 Å². The van der Waals surface area contributed by atoms with E-state index in [2.05, 4.69) is 84.8 Å². The molecule has 3 aromatic carbocycles. The van der Waals surface area contributed by atoms with Gasteiger partial charge in [-0.2, -0.15) is 0 Å². The van der Waals surface area contributed by atoms with Gasteiger partial charge >= 0.3 is 0 Å². The first-order chi connectivity index (χ1) is 13.1. The van der Waals surface area contributed by atoms with E-state index in [9.17, 15) is 0 Å². The van der Waals surface area contributed by atoms with Crippen LogP contribution in [-0.2, 0) is 0 Å². The summed E-state index contributed by atoms with van der Waals surface area (Å²) >= 11 is 0. The van der Waals surface area contributed by atoms with E-state index in [4.69, 9.17) is 4.42 Å². The van der Waals surface area contributed by atoms with Crippen LogP contribution in [0.15, 0.2) is 71.1 Å². The summed E-state index contributed by atoms with van der Waals surface area (Å²) in [4.78, 5) is 0. The lowest BCUT2D eigenvalue weighted by Gasteiger charge is -2.19. The first-order valence-corrected chi connectivity index (χ1v) is 9.26. The van der Waals surface area contributed by atoms with E-state index in [1.54, 1.807) is 0 Å². The Bertz CT molecular complexity index is 1060. The predicted molar refractivity (Wildman–Crippen MR) is 108 cm³/mol. The van der Waals surface area contributed by atoms with Crippen molar-refractivity contribution >= 4 is 10.8 Å². The fourth-order valence-electron chi connectivity index (χ4n) is 3.47. The van der Waals surface area contributed by atoms with Gasteiger partial charge in [-0.1, -0.05) is 60.2 Å². The molecule has 4 heteroatoms. The van der Waals surface area contributed by atoms with Crippen molar-refractivity contribution in [1.82, 2.24) is 15.5 Å². The summed E-state index contributed by atoms with van der Waals surface area (Å²) in [5.41, 5.74) is 3.38. The van der Waals surface area contributed by atoms with Crippen molar-refractivity contribution in [3.8, 4) is 11.5 Å². The van der Waals surface area contributed by atoms with Gasteiger partial charge in [0, 0.05) is 11.6 Å². The van der Waals surface area contributed by atoms with Gasteiger partial charge in [-0.3, -0.25) is 5.32 Å². The van der Waals surface area contributed by atoms with Gasteiger partial charge in [0.25, 0.3) is 0 Å². The molecule has 1 N–H and O–H groups in total. The second kappa shape index (κ2) is 7.33. The Morgan fingerprint density at radius 2 is 1.63 bits per heavy atom. The van der Waals surface area contributed by atoms with E-state index in [0.29, 0.717) is 11.8 Å². The summed E-state index contributed by atoms with van der Waals surface area (Å²) in [6.45, 7) is 6.27. The summed E-state index contributed by atoms with van der Waals surface area (Å²) in [5, 5.41) is 14.6. The van der Waals surface area contributed by atoms with Gasteiger partial charge in [0.1, 0.15) is 0 Å². The van der Waals surface area contributed by atoms with Crippen LogP contribution in [-0.4, -0.2) is 10.2 Å². The molecule has 136 valence electrons. The minimum atomic E-state index is -0.0509. The number of fused-ring (bicyclic) bond motifs is 1. The van der Waals surface area contributed by atoms with Gasteiger partial charge in [-0.05, 0) is 49.2 Å². The fourth-order valence-corrected chi connectivity index (χ4v) is 3.47. The average Bonchev–Trinajstić information content (AvgIpc) is 3.18. The number of aryl methyl sites for hydroxylation is 1. The monoisotopic (exact) mass is 357 g/mol. The topological polar surface area (TPSA) is 51.0 Å². The van der Waals surface area contributed by atoms with Crippen LogP contribution in [0.5, 0.6) is 0 Å². The summed E-state index contributed by atoms with van der Waals surface area (Å²) in [6, 6.07) is 23.0. The maximum absolute atomic E-state index is 5.93. The molecular formula is C23H23N3O. The highest BCUT2D eigenvalue weighted by molar-refractivity contribution is 5.86. The molecule has 0 spiro atoms. The van der Waals surface area contributed by atoms with Gasteiger partial charge < -0.3 is 4.42 Å². The smallest absolute Gasteiger partial charge is 0.247 e. The lowest BCUT2D eigenvalue weighted by atomic mass is 9.99. The molecule has 0 bridgehead atoms. The van der Waals surface area contributed by atoms with Crippen LogP contribution in [0.25, 0.3) is 22.2 Å². The number of hydrogen-bond donors (Lipinski definition) is 1. The lowest BCUT2D eigenvalue weighted by Crippen LogP contribution is -2.23. The maximum atomic E-state index is 5.93. The molecule has 0 saturated carbocycles. The Balaban J connectivity index is 1.54.